The van der Waals surface area contributed by atoms with Crippen LogP contribution in [0, 0.1) is 0 Å². The summed E-state index contributed by atoms with van der Waals surface area (Å²) in [4.78, 5) is 37.7. The number of hydrogen-bond donors (Lipinski definition) is 2. The van der Waals surface area contributed by atoms with Crippen molar-refractivity contribution in [3.63, 3.8) is 0 Å². The number of benzene rings is 1. The summed E-state index contributed by atoms with van der Waals surface area (Å²) in [6, 6.07) is 6.26. The van der Waals surface area contributed by atoms with E-state index >= 15 is 0 Å². The van der Waals surface area contributed by atoms with Gasteiger partial charge >= 0.3 is 5.97 Å². The normalized spacial score (nSPS) is 22.2. The second-order valence-electron chi connectivity index (χ2n) is 5.62. The molecule has 0 bridgehead atoms. The maximum atomic E-state index is 12.4. The van der Waals surface area contributed by atoms with Gasteiger partial charge in [0.25, 0.3) is 5.91 Å². The summed E-state index contributed by atoms with van der Waals surface area (Å²) in [6.45, 7) is 0. The molecule has 0 aliphatic carbocycles. The second-order valence-corrected chi connectivity index (χ2v) is 7.18. The lowest BCUT2D eigenvalue weighted by Crippen LogP contribution is -2.70. The molecule has 2 aliphatic rings. The number of carbonyl (C=O) groups excluding carboxylic acids is 3. The number of anilines is 1. The molecule has 25 heavy (non-hydrogen) atoms. The van der Waals surface area contributed by atoms with Gasteiger partial charge in [-0.3, -0.25) is 14.5 Å². The summed E-state index contributed by atoms with van der Waals surface area (Å²) >= 11 is 7.45. The number of ether oxygens (including phenoxy) is 1. The number of nitrogens with one attached hydrogen (secondary N) is 1. The molecule has 1 fully saturated rings. The van der Waals surface area contributed by atoms with E-state index in [2.05, 4.69) is 10.1 Å². The molecule has 2 aliphatic heterocycles. The van der Waals surface area contributed by atoms with Crippen molar-refractivity contribution in [2.75, 3.05) is 18.6 Å². The molecule has 2 heterocycles. The Bertz CT molecular complexity index is 765. The average Bonchev–Trinajstić information content (AvgIpc) is 2.60. The number of carbonyl (C=O) groups is 3. The molecule has 9 heteroatoms. The Hall–Kier alpha value is -2.19. The van der Waals surface area contributed by atoms with Gasteiger partial charge in [-0.25, -0.2) is 4.79 Å². The van der Waals surface area contributed by atoms with Crippen LogP contribution < -0.4 is 11.1 Å². The van der Waals surface area contributed by atoms with E-state index in [1.54, 1.807) is 24.3 Å². The molecule has 2 amide bonds. The van der Waals surface area contributed by atoms with Crippen LogP contribution in [0.2, 0.25) is 0 Å². The van der Waals surface area contributed by atoms with Gasteiger partial charge < -0.3 is 15.8 Å². The van der Waals surface area contributed by atoms with Gasteiger partial charge in [0.2, 0.25) is 5.91 Å². The highest BCUT2D eigenvalue weighted by atomic mass is 35.5. The highest BCUT2D eigenvalue weighted by molar-refractivity contribution is 8.00. The van der Waals surface area contributed by atoms with Crippen molar-refractivity contribution in [1.29, 1.82) is 0 Å². The number of nitrogens with zero attached hydrogens (tertiary/aromatic N) is 1. The maximum Gasteiger partial charge on any atom is 0.356 e. The third kappa shape index (κ3) is 3.32. The highest BCUT2D eigenvalue weighted by Gasteiger charge is 2.54. The number of fused-ring (bicyclic) bond motifs is 1. The SMILES string of the molecule is COC(=O)C1=C(Cl)CSC2C(NC(=O)Cc3ccc(N)cc3)C(=O)N12. The molecular weight excluding hydrogens is 366 g/mol. The molecule has 1 aromatic rings. The summed E-state index contributed by atoms with van der Waals surface area (Å²) in [7, 11) is 1.23. The molecule has 2 atom stereocenters. The van der Waals surface area contributed by atoms with Crippen LogP contribution in [0.4, 0.5) is 5.69 Å². The predicted octanol–water partition coefficient (Wildman–Crippen LogP) is 0.835. The molecule has 132 valence electrons. The van der Waals surface area contributed by atoms with Crippen molar-refractivity contribution in [2.45, 2.75) is 17.8 Å². The van der Waals surface area contributed by atoms with Crippen molar-refractivity contribution >= 4 is 46.8 Å². The minimum Gasteiger partial charge on any atom is -0.464 e. The minimum atomic E-state index is -0.685. The zero-order chi connectivity index (χ0) is 18.1. The minimum absolute atomic E-state index is 0.0574. The summed E-state index contributed by atoms with van der Waals surface area (Å²) in [5, 5.41) is 2.63. The van der Waals surface area contributed by atoms with Gasteiger partial charge in [0.15, 0.2) is 0 Å². The van der Waals surface area contributed by atoms with E-state index < -0.39 is 12.0 Å². The second kappa shape index (κ2) is 6.97. The Morgan fingerprint density at radius 2 is 2.08 bits per heavy atom. The molecule has 0 aromatic heterocycles. The van der Waals surface area contributed by atoms with Gasteiger partial charge in [-0.1, -0.05) is 23.7 Å². The van der Waals surface area contributed by atoms with Crippen molar-refractivity contribution in [3.8, 4) is 0 Å². The Kier molecular flexibility index (Phi) is 4.91. The van der Waals surface area contributed by atoms with Gasteiger partial charge in [0, 0.05) is 11.4 Å². The quantitative estimate of drug-likeness (QED) is 0.455. The number of amides is 2. The molecule has 3 N–H and O–H groups in total. The highest BCUT2D eigenvalue weighted by Crippen LogP contribution is 2.41. The zero-order valence-corrected chi connectivity index (χ0v) is 14.9. The first-order valence-electron chi connectivity index (χ1n) is 7.47. The third-order valence-electron chi connectivity index (χ3n) is 3.96. The number of nitrogen functional groups attached to an aromatic ring is 1. The van der Waals surface area contributed by atoms with Gasteiger partial charge in [-0.2, -0.15) is 0 Å². The van der Waals surface area contributed by atoms with Gasteiger partial charge in [-0.05, 0) is 17.7 Å². The van der Waals surface area contributed by atoms with Crippen LogP contribution in [0.15, 0.2) is 35.0 Å². The van der Waals surface area contributed by atoms with E-state index in [0.717, 1.165) is 5.56 Å². The summed E-state index contributed by atoms with van der Waals surface area (Å²) in [6.07, 6.45) is 0.141. The standard InChI is InChI=1S/C16H16ClN3O4S/c1-24-16(23)13-10(17)7-25-15-12(14(22)20(13)15)19-11(21)6-8-2-4-9(18)5-3-8/h2-5,12,15H,6-7,18H2,1H3,(H,19,21). The molecule has 1 aromatic carbocycles. The molecule has 0 radical (unpaired) electrons. The third-order valence-corrected chi connectivity index (χ3v) is 5.71. The average molecular weight is 382 g/mol. The van der Waals surface area contributed by atoms with Crippen LogP contribution >= 0.6 is 23.4 Å². The van der Waals surface area contributed by atoms with Gasteiger partial charge in [-0.15, -0.1) is 11.8 Å². The molecule has 0 spiro atoms. The Morgan fingerprint density at radius 3 is 2.72 bits per heavy atom. The van der Waals surface area contributed by atoms with Crippen LogP contribution in [-0.4, -0.2) is 47.0 Å². The van der Waals surface area contributed by atoms with E-state index in [1.165, 1.54) is 23.8 Å². The monoisotopic (exact) mass is 381 g/mol. The Balaban J connectivity index is 1.66. The number of esters is 1. The largest absolute Gasteiger partial charge is 0.464 e. The van der Waals surface area contributed by atoms with Crippen LogP contribution in [0.3, 0.4) is 0 Å². The summed E-state index contributed by atoms with van der Waals surface area (Å²) in [5.74, 6) is -0.926. The lowest BCUT2D eigenvalue weighted by Gasteiger charge is -2.49. The number of methoxy groups -OCH3 is 1. The lowest BCUT2D eigenvalue weighted by atomic mass is 10.0. The first-order chi connectivity index (χ1) is 11.9. The van der Waals surface area contributed by atoms with E-state index in [4.69, 9.17) is 17.3 Å². The molecule has 3 rings (SSSR count). The summed E-state index contributed by atoms with van der Waals surface area (Å²) < 4.78 is 4.68. The molecular formula is C16H16ClN3O4S. The van der Waals surface area contributed by atoms with Crippen LogP contribution in [0.5, 0.6) is 0 Å². The van der Waals surface area contributed by atoms with Crippen molar-refractivity contribution in [2.24, 2.45) is 0 Å². The number of rotatable bonds is 4. The van der Waals surface area contributed by atoms with E-state index in [9.17, 15) is 14.4 Å². The van der Waals surface area contributed by atoms with E-state index in [-0.39, 0.29) is 34.3 Å². The first kappa shape index (κ1) is 17.6. The fraction of sp³-hybridized carbons (Fsp3) is 0.312. The van der Waals surface area contributed by atoms with Crippen molar-refractivity contribution in [3.05, 3.63) is 40.6 Å². The fourth-order valence-electron chi connectivity index (χ4n) is 2.71. The molecule has 2 unspecified atom stereocenters. The Labute approximate surface area is 153 Å². The molecule has 7 nitrogen and oxygen atoms in total. The Morgan fingerprint density at radius 1 is 1.40 bits per heavy atom. The smallest absolute Gasteiger partial charge is 0.356 e. The van der Waals surface area contributed by atoms with Crippen molar-refractivity contribution < 1.29 is 19.1 Å². The van der Waals surface area contributed by atoms with Gasteiger partial charge in [0.1, 0.15) is 17.1 Å². The molecule has 1 saturated heterocycles. The number of thioether (sulfide) groups is 1. The summed E-state index contributed by atoms with van der Waals surface area (Å²) in [5.41, 5.74) is 7.08. The number of halogens is 1. The van der Waals surface area contributed by atoms with Gasteiger partial charge in [0.05, 0.1) is 18.6 Å². The predicted molar refractivity (Wildman–Crippen MR) is 94.5 cm³/mol. The van der Waals surface area contributed by atoms with Crippen molar-refractivity contribution in [1.82, 2.24) is 10.2 Å². The topological polar surface area (TPSA) is 102 Å². The number of nitrogens with two attached hydrogens (primary N) is 1. The maximum absolute atomic E-state index is 12.4. The fourth-order valence-corrected chi connectivity index (χ4v) is 4.26. The van der Waals surface area contributed by atoms with Crippen LogP contribution in [-0.2, 0) is 25.5 Å². The van der Waals surface area contributed by atoms with E-state index in [0.29, 0.717) is 11.4 Å². The lowest BCUT2D eigenvalue weighted by molar-refractivity contribution is -0.151. The molecule has 0 saturated carbocycles. The van der Waals surface area contributed by atoms with E-state index in [1.807, 2.05) is 0 Å². The first-order valence-corrected chi connectivity index (χ1v) is 8.90. The van der Waals surface area contributed by atoms with Crippen LogP contribution in [0.1, 0.15) is 5.56 Å². The number of hydrogen-bond acceptors (Lipinski definition) is 6. The van der Waals surface area contributed by atoms with Crippen LogP contribution in [0.25, 0.3) is 0 Å². The zero-order valence-electron chi connectivity index (χ0n) is 13.3. The number of β-lactam (4-membered cyclic amide) rings is 1.